The second kappa shape index (κ2) is 6.69. The van der Waals surface area contributed by atoms with Crippen molar-refractivity contribution in [2.45, 2.75) is 26.3 Å². The molecule has 0 aliphatic carbocycles. The molecular formula is C14H21NO2S. The van der Waals surface area contributed by atoms with Crippen LogP contribution in [0.5, 0.6) is 5.75 Å². The Bertz CT molecular complexity index is 420. The summed E-state index contributed by atoms with van der Waals surface area (Å²) in [6, 6.07) is 5.36. The van der Waals surface area contributed by atoms with Gasteiger partial charge in [0, 0.05) is 18.8 Å². The summed E-state index contributed by atoms with van der Waals surface area (Å²) < 4.78 is 0. The van der Waals surface area contributed by atoms with Crippen molar-refractivity contribution in [3.8, 4) is 5.75 Å². The predicted molar refractivity (Wildman–Crippen MR) is 77.4 cm³/mol. The van der Waals surface area contributed by atoms with Crippen molar-refractivity contribution in [2.75, 3.05) is 19.1 Å². The molecule has 100 valence electrons. The normalized spacial score (nSPS) is 12.2. The zero-order valence-electron chi connectivity index (χ0n) is 11.4. The van der Waals surface area contributed by atoms with Crippen LogP contribution in [0.3, 0.4) is 0 Å². The fraction of sp³-hybridized carbons (Fsp3) is 0.500. The summed E-state index contributed by atoms with van der Waals surface area (Å²) in [7, 11) is 1.80. The highest BCUT2D eigenvalue weighted by Gasteiger charge is 2.21. The highest BCUT2D eigenvalue weighted by atomic mass is 32.2. The molecule has 18 heavy (non-hydrogen) atoms. The van der Waals surface area contributed by atoms with Crippen LogP contribution in [-0.2, 0) is 0 Å². The Morgan fingerprint density at radius 1 is 1.50 bits per heavy atom. The third-order valence-electron chi connectivity index (χ3n) is 3.08. The zero-order valence-corrected chi connectivity index (χ0v) is 12.3. The van der Waals surface area contributed by atoms with E-state index in [0.29, 0.717) is 5.56 Å². The Hall–Kier alpha value is -1.16. The van der Waals surface area contributed by atoms with Gasteiger partial charge in [-0.1, -0.05) is 13.0 Å². The zero-order chi connectivity index (χ0) is 13.7. The highest BCUT2D eigenvalue weighted by molar-refractivity contribution is 7.98. The van der Waals surface area contributed by atoms with Gasteiger partial charge in [-0.3, -0.25) is 4.79 Å². The van der Waals surface area contributed by atoms with Crippen LogP contribution in [0, 0.1) is 6.92 Å². The lowest BCUT2D eigenvalue weighted by molar-refractivity contribution is 0.0740. The number of phenolic OH excluding ortho intramolecular Hbond substituents is 1. The van der Waals surface area contributed by atoms with E-state index in [-0.39, 0.29) is 17.7 Å². The molecule has 0 spiro atoms. The van der Waals surface area contributed by atoms with E-state index < -0.39 is 0 Å². The largest absolute Gasteiger partial charge is 0.507 e. The van der Waals surface area contributed by atoms with E-state index in [1.54, 1.807) is 35.8 Å². The van der Waals surface area contributed by atoms with Crippen LogP contribution in [0.2, 0.25) is 0 Å². The summed E-state index contributed by atoms with van der Waals surface area (Å²) in [5.74, 6) is 0.852. The van der Waals surface area contributed by atoms with Gasteiger partial charge >= 0.3 is 0 Å². The van der Waals surface area contributed by atoms with Crippen molar-refractivity contribution in [2.24, 2.45) is 0 Å². The molecule has 1 unspecified atom stereocenters. The maximum absolute atomic E-state index is 12.3. The Kier molecular flexibility index (Phi) is 5.54. The van der Waals surface area contributed by atoms with Gasteiger partial charge in [0.1, 0.15) is 5.75 Å². The summed E-state index contributed by atoms with van der Waals surface area (Å²) in [6.45, 7) is 3.96. The Morgan fingerprint density at radius 2 is 2.17 bits per heavy atom. The molecule has 0 aliphatic heterocycles. The van der Waals surface area contributed by atoms with E-state index in [1.165, 1.54) is 0 Å². The lowest BCUT2D eigenvalue weighted by atomic mass is 10.1. The van der Waals surface area contributed by atoms with Gasteiger partial charge in [0.15, 0.2) is 0 Å². The summed E-state index contributed by atoms with van der Waals surface area (Å²) in [5, 5.41) is 9.84. The van der Waals surface area contributed by atoms with Crippen molar-refractivity contribution in [1.82, 2.24) is 4.90 Å². The van der Waals surface area contributed by atoms with Crippen molar-refractivity contribution >= 4 is 17.7 Å². The van der Waals surface area contributed by atoms with Crippen LogP contribution in [-0.4, -0.2) is 41.0 Å². The number of aryl methyl sites for hydroxylation is 1. The number of aromatic hydroxyl groups is 1. The molecule has 0 saturated carbocycles. The molecule has 0 bridgehead atoms. The average Bonchev–Trinajstić information content (AvgIpc) is 2.34. The third kappa shape index (κ3) is 3.42. The molecule has 0 aromatic heterocycles. The monoisotopic (exact) mass is 267 g/mol. The van der Waals surface area contributed by atoms with Crippen LogP contribution in [0.4, 0.5) is 0 Å². The summed E-state index contributed by atoms with van der Waals surface area (Å²) in [4.78, 5) is 14.0. The average molecular weight is 267 g/mol. The first kappa shape index (κ1) is 14.9. The minimum absolute atomic E-state index is 0.0610. The van der Waals surface area contributed by atoms with Gasteiger partial charge < -0.3 is 10.0 Å². The standard InChI is InChI=1S/C14H21NO2S/c1-5-11(9-18-4)15(3)14(17)12-7-6-10(2)8-13(12)16/h6-8,11,16H,5,9H2,1-4H3. The minimum Gasteiger partial charge on any atom is -0.507 e. The molecule has 1 aromatic carbocycles. The van der Waals surface area contributed by atoms with Gasteiger partial charge in [-0.25, -0.2) is 0 Å². The topological polar surface area (TPSA) is 40.5 Å². The van der Waals surface area contributed by atoms with Crippen LogP contribution < -0.4 is 0 Å². The second-order valence-corrected chi connectivity index (χ2v) is 5.36. The molecule has 1 rings (SSSR count). The third-order valence-corrected chi connectivity index (χ3v) is 3.80. The van der Waals surface area contributed by atoms with E-state index in [4.69, 9.17) is 0 Å². The van der Waals surface area contributed by atoms with Crippen LogP contribution in [0.1, 0.15) is 29.3 Å². The lowest BCUT2D eigenvalue weighted by Crippen LogP contribution is -2.38. The highest BCUT2D eigenvalue weighted by Crippen LogP contribution is 2.21. The molecule has 1 N–H and O–H groups in total. The maximum Gasteiger partial charge on any atom is 0.257 e. The number of rotatable bonds is 5. The number of carbonyl (C=O) groups excluding carboxylic acids is 1. The summed E-state index contributed by atoms with van der Waals surface area (Å²) in [5.41, 5.74) is 1.32. The molecule has 0 fully saturated rings. The van der Waals surface area contributed by atoms with Crippen LogP contribution in [0.25, 0.3) is 0 Å². The van der Waals surface area contributed by atoms with Crippen molar-refractivity contribution < 1.29 is 9.90 Å². The van der Waals surface area contributed by atoms with Gasteiger partial charge in [-0.2, -0.15) is 11.8 Å². The van der Waals surface area contributed by atoms with Gasteiger partial charge in [-0.15, -0.1) is 0 Å². The van der Waals surface area contributed by atoms with E-state index in [2.05, 4.69) is 6.92 Å². The van der Waals surface area contributed by atoms with Crippen molar-refractivity contribution in [3.05, 3.63) is 29.3 Å². The van der Waals surface area contributed by atoms with E-state index in [9.17, 15) is 9.90 Å². The molecular weight excluding hydrogens is 246 g/mol. The fourth-order valence-electron chi connectivity index (χ4n) is 1.87. The second-order valence-electron chi connectivity index (χ2n) is 4.45. The summed E-state index contributed by atoms with van der Waals surface area (Å²) >= 11 is 1.73. The van der Waals surface area contributed by atoms with Gasteiger partial charge in [0.05, 0.1) is 5.56 Å². The lowest BCUT2D eigenvalue weighted by Gasteiger charge is -2.27. The molecule has 1 atom stereocenters. The molecule has 0 saturated heterocycles. The first-order chi connectivity index (χ1) is 8.51. The van der Waals surface area contributed by atoms with Crippen molar-refractivity contribution in [1.29, 1.82) is 0 Å². The number of hydrogen-bond acceptors (Lipinski definition) is 3. The number of carbonyl (C=O) groups is 1. The van der Waals surface area contributed by atoms with Crippen molar-refractivity contribution in [3.63, 3.8) is 0 Å². The molecule has 4 heteroatoms. The smallest absolute Gasteiger partial charge is 0.257 e. The Labute approximate surface area is 113 Å². The molecule has 0 aliphatic rings. The van der Waals surface area contributed by atoms with E-state index in [1.807, 2.05) is 19.2 Å². The fourth-order valence-corrected chi connectivity index (χ4v) is 2.72. The summed E-state index contributed by atoms with van der Waals surface area (Å²) in [6.07, 6.45) is 2.94. The molecule has 0 heterocycles. The number of nitrogens with zero attached hydrogens (tertiary/aromatic N) is 1. The number of benzene rings is 1. The molecule has 1 aromatic rings. The number of thioether (sulfide) groups is 1. The van der Waals surface area contributed by atoms with Gasteiger partial charge in [-0.05, 0) is 37.3 Å². The van der Waals surface area contributed by atoms with Crippen LogP contribution in [0.15, 0.2) is 18.2 Å². The SMILES string of the molecule is CCC(CSC)N(C)C(=O)c1ccc(C)cc1O. The van der Waals surface area contributed by atoms with Gasteiger partial charge in [0.2, 0.25) is 0 Å². The molecule has 1 amide bonds. The Balaban J connectivity index is 2.91. The maximum atomic E-state index is 12.3. The van der Waals surface area contributed by atoms with E-state index >= 15 is 0 Å². The van der Waals surface area contributed by atoms with Gasteiger partial charge in [0.25, 0.3) is 5.91 Å². The molecule has 0 radical (unpaired) electrons. The number of amides is 1. The quantitative estimate of drug-likeness (QED) is 0.891. The number of hydrogen-bond donors (Lipinski definition) is 1. The van der Waals surface area contributed by atoms with E-state index in [0.717, 1.165) is 17.7 Å². The Morgan fingerprint density at radius 3 is 2.67 bits per heavy atom. The first-order valence-corrected chi connectivity index (χ1v) is 7.46. The minimum atomic E-state index is -0.117. The molecule has 3 nitrogen and oxygen atoms in total. The number of phenols is 1. The van der Waals surface area contributed by atoms with Crippen LogP contribution >= 0.6 is 11.8 Å². The predicted octanol–water partition coefficient (Wildman–Crippen LogP) is 2.91. The first-order valence-electron chi connectivity index (χ1n) is 6.07.